The monoisotopic (exact) mass is 397 g/mol. The maximum absolute atomic E-state index is 12.1. The van der Waals surface area contributed by atoms with Crippen molar-refractivity contribution in [1.29, 1.82) is 0 Å². The van der Waals surface area contributed by atoms with E-state index in [4.69, 9.17) is 11.6 Å². The minimum absolute atomic E-state index is 0.228. The Hall–Kier alpha value is -2.59. The van der Waals surface area contributed by atoms with Crippen LogP contribution in [0.2, 0.25) is 5.02 Å². The molecule has 0 spiro atoms. The van der Waals surface area contributed by atoms with Gasteiger partial charge in [0.05, 0.1) is 10.7 Å². The van der Waals surface area contributed by atoms with Crippen molar-refractivity contribution in [2.45, 2.75) is 33.6 Å². The number of nitrogens with zero attached hydrogens (tertiary/aromatic N) is 2. The number of unbranched alkanes of at least 4 members (excludes halogenated alkanes) is 1. The second-order valence-electron chi connectivity index (χ2n) is 7.00. The molecule has 2 aromatic rings. The quantitative estimate of drug-likeness (QED) is 0.589. The number of rotatable bonds is 7. The SMILES string of the molecule is CCC/C=C(/C)c1cc(-c2ccc(Cl)c(NC(=O)/C=C/N(C)C)c2)cnc1C. The van der Waals surface area contributed by atoms with Gasteiger partial charge >= 0.3 is 0 Å². The molecule has 0 aliphatic heterocycles. The number of hydrogen-bond acceptors (Lipinski definition) is 3. The van der Waals surface area contributed by atoms with Crippen molar-refractivity contribution in [3.8, 4) is 11.1 Å². The van der Waals surface area contributed by atoms with Crippen LogP contribution in [0.25, 0.3) is 16.7 Å². The normalized spacial score (nSPS) is 11.7. The minimum atomic E-state index is -0.228. The Bertz CT molecular complexity index is 901. The molecule has 148 valence electrons. The van der Waals surface area contributed by atoms with E-state index < -0.39 is 0 Å². The van der Waals surface area contributed by atoms with E-state index in [0.29, 0.717) is 10.7 Å². The van der Waals surface area contributed by atoms with Gasteiger partial charge < -0.3 is 10.2 Å². The number of aromatic nitrogens is 1. The highest BCUT2D eigenvalue weighted by Gasteiger charge is 2.09. The van der Waals surface area contributed by atoms with Gasteiger partial charge in [0.25, 0.3) is 0 Å². The van der Waals surface area contributed by atoms with Gasteiger partial charge in [-0.2, -0.15) is 0 Å². The van der Waals surface area contributed by atoms with Gasteiger partial charge in [-0.15, -0.1) is 0 Å². The number of pyridine rings is 1. The number of nitrogens with one attached hydrogen (secondary N) is 1. The minimum Gasteiger partial charge on any atom is -0.383 e. The highest BCUT2D eigenvalue weighted by atomic mass is 35.5. The maximum atomic E-state index is 12.1. The lowest BCUT2D eigenvalue weighted by Crippen LogP contribution is -2.10. The molecule has 0 saturated heterocycles. The Kier molecular flexibility index (Phi) is 7.82. The molecule has 0 aliphatic rings. The zero-order valence-electron chi connectivity index (χ0n) is 17.2. The summed E-state index contributed by atoms with van der Waals surface area (Å²) in [5, 5.41) is 3.33. The van der Waals surface area contributed by atoms with E-state index in [-0.39, 0.29) is 5.91 Å². The number of anilines is 1. The number of benzene rings is 1. The van der Waals surface area contributed by atoms with Gasteiger partial charge in [-0.25, -0.2) is 0 Å². The number of amides is 1. The van der Waals surface area contributed by atoms with Crippen LogP contribution < -0.4 is 5.32 Å². The maximum Gasteiger partial charge on any atom is 0.249 e. The Morgan fingerprint density at radius 3 is 2.68 bits per heavy atom. The second-order valence-corrected chi connectivity index (χ2v) is 7.40. The topological polar surface area (TPSA) is 45.2 Å². The van der Waals surface area contributed by atoms with Gasteiger partial charge in [-0.05, 0) is 55.2 Å². The molecule has 1 N–H and O–H groups in total. The molecule has 1 heterocycles. The summed E-state index contributed by atoms with van der Waals surface area (Å²) in [6.45, 7) is 6.31. The van der Waals surface area contributed by atoms with Crippen LogP contribution in [0.15, 0.2) is 48.8 Å². The lowest BCUT2D eigenvalue weighted by Gasteiger charge is -2.12. The van der Waals surface area contributed by atoms with Crippen molar-refractivity contribution < 1.29 is 4.79 Å². The highest BCUT2D eigenvalue weighted by molar-refractivity contribution is 6.34. The first-order valence-corrected chi connectivity index (χ1v) is 9.79. The van der Waals surface area contributed by atoms with Crippen LogP contribution in [-0.4, -0.2) is 29.9 Å². The lowest BCUT2D eigenvalue weighted by molar-refractivity contribution is -0.112. The molecule has 2 rings (SSSR count). The van der Waals surface area contributed by atoms with E-state index in [9.17, 15) is 4.79 Å². The van der Waals surface area contributed by atoms with Gasteiger partial charge in [0.1, 0.15) is 0 Å². The summed E-state index contributed by atoms with van der Waals surface area (Å²) in [6.07, 6.45) is 9.43. The summed E-state index contributed by atoms with van der Waals surface area (Å²) in [5.74, 6) is -0.228. The van der Waals surface area contributed by atoms with Crippen molar-refractivity contribution in [1.82, 2.24) is 9.88 Å². The number of halogens is 1. The smallest absolute Gasteiger partial charge is 0.249 e. The third-order valence-corrected chi connectivity index (χ3v) is 4.66. The van der Waals surface area contributed by atoms with Gasteiger partial charge in [0, 0.05) is 43.8 Å². The molecule has 1 aromatic carbocycles. The molecule has 0 bridgehead atoms. The Labute approximate surface area is 172 Å². The van der Waals surface area contributed by atoms with Crippen LogP contribution in [0.4, 0.5) is 5.69 Å². The van der Waals surface area contributed by atoms with Crippen LogP contribution in [-0.2, 0) is 4.79 Å². The molecule has 0 unspecified atom stereocenters. The summed E-state index contributed by atoms with van der Waals surface area (Å²) in [6, 6.07) is 7.76. The zero-order chi connectivity index (χ0) is 20.7. The molecule has 4 nitrogen and oxygen atoms in total. The summed E-state index contributed by atoms with van der Waals surface area (Å²) in [4.78, 5) is 18.5. The summed E-state index contributed by atoms with van der Waals surface area (Å²) < 4.78 is 0. The van der Waals surface area contributed by atoms with Gasteiger partial charge in [-0.1, -0.05) is 37.1 Å². The van der Waals surface area contributed by atoms with E-state index in [2.05, 4.69) is 36.3 Å². The Morgan fingerprint density at radius 1 is 1.25 bits per heavy atom. The Balaban J connectivity index is 2.35. The second kappa shape index (κ2) is 10.1. The fourth-order valence-corrected chi connectivity index (χ4v) is 2.92. The molecular weight excluding hydrogens is 370 g/mol. The summed E-state index contributed by atoms with van der Waals surface area (Å²) in [7, 11) is 3.71. The Morgan fingerprint density at radius 2 is 2.00 bits per heavy atom. The number of allylic oxidation sites excluding steroid dienone is 2. The van der Waals surface area contributed by atoms with Gasteiger partial charge in [0.15, 0.2) is 0 Å². The molecule has 0 radical (unpaired) electrons. The van der Waals surface area contributed by atoms with Crippen molar-refractivity contribution >= 4 is 28.8 Å². The molecule has 1 amide bonds. The van der Waals surface area contributed by atoms with Crippen molar-refractivity contribution in [3.63, 3.8) is 0 Å². The first-order valence-electron chi connectivity index (χ1n) is 9.41. The summed E-state index contributed by atoms with van der Waals surface area (Å²) in [5.41, 5.74) is 5.89. The highest BCUT2D eigenvalue weighted by Crippen LogP contribution is 2.31. The van der Waals surface area contributed by atoms with Crippen LogP contribution in [0, 0.1) is 6.92 Å². The zero-order valence-corrected chi connectivity index (χ0v) is 18.0. The first-order chi connectivity index (χ1) is 13.3. The predicted molar refractivity (Wildman–Crippen MR) is 119 cm³/mol. The van der Waals surface area contributed by atoms with Crippen LogP contribution in [0.1, 0.15) is 37.9 Å². The number of carbonyl (C=O) groups is 1. The fourth-order valence-electron chi connectivity index (χ4n) is 2.75. The van der Waals surface area contributed by atoms with E-state index in [1.54, 1.807) is 17.2 Å². The van der Waals surface area contributed by atoms with Crippen molar-refractivity contribution in [2.24, 2.45) is 0 Å². The molecule has 5 heteroatoms. The van der Waals surface area contributed by atoms with Crippen LogP contribution in [0.3, 0.4) is 0 Å². The van der Waals surface area contributed by atoms with E-state index >= 15 is 0 Å². The number of carbonyl (C=O) groups excluding carboxylic acids is 1. The molecule has 0 fully saturated rings. The van der Waals surface area contributed by atoms with Crippen molar-refractivity contribution in [3.05, 3.63) is 65.1 Å². The van der Waals surface area contributed by atoms with E-state index in [0.717, 1.165) is 35.2 Å². The van der Waals surface area contributed by atoms with Crippen LogP contribution >= 0.6 is 11.6 Å². The van der Waals surface area contributed by atoms with E-state index in [1.807, 2.05) is 39.3 Å². The molecule has 0 atom stereocenters. The van der Waals surface area contributed by atoms with Gasteiger partial charge in [-0.3, -0.25) is 9.78 Å². The van der Waals surface area contributed by atoms with Gasteiger partial charge in [0.2, 0.25) is 5.91 Å². The van der Waals surface area contributed by atoms with Crippen molar-refractivity contribution in [2.75, 3.05) is 19.4 Å². The average Bonchev–Trinajstić information content (AvgIpc) is 2.66. The first kappa shape index (κ1) is 21.7. The summed E-state index contributed by atoms with van der Waals surface area (Å²) >= 11 is 6.28. The molecule has 0 aliphatic carbocycles. The average molecular weight is 398 g/mol. The molecular formula is C23H28ClN3O. The fraction of sp³-hybridized carbons (Fsp3) is 0.304. The standard InChI is InChI=1S/C23H28ClN3O/c1-6-7-8-16(2)20-13-19(15-25-17(20)3)18-9-10-21(24)22(14-18)26-23(28)11-12-27(4)5/h8-15H,6-7H2,1-5H3,(H,26,28)/b12-11+,16-8-. The third-order valence-electron chi connectivity index (χ3n) is 4.33. The molecule has 0 saturated carbocycles. The number of hydrogen-bond donors (Lipinski definition) is 1. The predicted octanol–water partition coefficient (Wildman–Crippen LogP) is 5.93. The lowest BCUT2D eigenvalue weighted by atomic mass is 9.99. The third kappa shape index (κ3) is 5.96. The number of aryl methyl sites for hydroxylation is 1. The largest absolute Gasteiger partial charge is 0.383 e. The molecule has 28 heavy (non-hydrogen) atoms. The molecule has 1 aromatic heterocycles. The van der Waals surface area contributed by atoms with Crippen LogP contribution in [0.5, 0.6) is 0 Å². The van der Waals surface area contributed by atoms with E-state index in [1.165, 1.54) is 11.6 Å².